The Morgan fingerprint density at radius 2 is 2.15 bits per heavy atom. The van der Waals surface area contributed by atoms with Crippen molar-refractivity contribution in [3.8, 4) is 0 Å². The maximum absolute atomic E-state index is 12.7. The minimum Gasteiger partial charge on any atom is -0.390 e. The standard InChI is InChI=1S/C9H10F3N5O3/c10-9(11,12)7-5(8(20)15-3-14-7)6(19)4(18)1-2-16-17-13/h3-4,6,18-19H,1-2H2,(H,14,15,20). The van der Waals surface area contributed by atoms with E-state index in [1.807, 2.05) is 4.98 Å². The van der Waals surface area contributed by atoms with Crippen LogP contribution in [0.4, 0.5) is 13.2 Å². The van der Waals surface area contributed by atoms with Gasteiger partial charge in [-0.25, -0.2) is 4.98 Å². The molecule has 11 heteroatoms. The molecule has 110 valence electrons. The number of hydrogen-bond acceptors (Lipinski definition) is 5. The zero-order valence-corrected chi connectivity index (χ0v) is 9.87. The molecule has 0 aliphatic carbocycles. The molecule has 1 heterocycles. The molecule has 8 nitrogen and oxygen atoms in total. The van der Waals surface area contributed by atoms with Gasteiger partial charge in [0.05, 0.1) is 18.0 Å². The van der Waals surface area contributed by atoms with E-state index in [0.29, 0.717) is 6.33 Å². The fourth-order valence-corrected chi connectivity index (χ4v) is 1.50. The topological polar surface area (TPSA) is 135 Å². The second-order valence-corrected chi connectivity index (χ2v) is 3.75. The van der Waals surface area contributed by atoms with Crippen LogP contribution in [0.3, 0.4) is 0 Å². The van der Waals surface area contributed by atoms with Crippen molar-refractivity contribution < 1.29 is 23.4 Å². The molecule has 1 aromatic heterocycles. The molecule has 0 aromatic carbocycles. The molecule has 0 saturated carbocycles. The molecule has 3 N–H and O–H groups in total. The summed E-state index contributed by atoms with van der Waals surface area (Å²) < 4.78 is 38.1. The lowest BCUT2D eigenvalue weighted by molar-refractivity contribution is -0.143. The van der Waals surface area contributed by atoms with Crippen molar-refractivity contribution in [2.75, 3.05) is 6.54 Å². The monoisotopic (exact) mass is 293 g/mol. The fourth-order valence-electron chi connectivity index (χ4n) is 1.50. The Kier molecular flexibility index (Phi) is 5.08. The first-order valence-electron chi connectivity index (χ1n) is 5.30. The number of nitrogens with zero attached hydrogens (tertiary/aromatic N) is 4. The summed E-state index contributed by atoms with van der Waals surface area (Å²) in [6.07, 6.45) is -8.51. The average Bonchev–Trinajstić information content (AvgIpc) is 2.36. The minimum atomic E-state index is -4.95. The highest BCUT2D eigenvalue weighted by atomic mass is 19.4. The van der Waals surface area contributed by atoms with E-state index in [1.165, 1.54) is 0 Å². The smallest absolute Gasteiger partial charge is 0.390 e. The minimum absolute atomic E-state index is 0.242. The molecule has 0 radical (unpaired) electrons. The second kappa shape index (κ2) is 6.37. The van der Waals surface area contributed by atoms with Gasteiger partial charge < -0.3 is 15.2 Å². The summed E-state index contributed by atoms with van der Waals surface area (Å²) >= 11 is 0. The van der Waals surface area contributed by atoms with Gasteiger partial charge in [0.15, 0.2) is 5.69 Å². The van der Waals surface area contributed by atoms with Crippen LogP contribution in [0.1, 0.15) is 23.8 Å². The number of aliphatic hydroxyl groups is 2. The molecule has 20 heavy (non-hydrogen) atoms. The maximum atomic E-state index is 12.7. The molecule has 0 bridgehead atoms. The van der Waals surface area contributed by atoms with Crippen LogP contribution < -0.4 is 5.56 Å². The predicted octanol–water partition coefficient (Wildman–Crippen LogP) is 0.883. The number of H-pyrrole nitrogens is 1. The summed E-state index contributed by atoms with van der Waals surface area (Å²) in [7, 11) is 0. The number of aliphatic hydroxyl groups excluding tert-OH is 2. The van der Waals surface area contributed by atoms with Gasteiger partial charge in [0, 0.05) is 11.5 Å². The number of aromatic nitrogens is 2. The van der Waals surface area contributed by atoms with Gasteiger partial charge in [0.25, 0.3) is 5.56 Å². The molecular formula is C9H10F3N5O3. The van der Waals surface area contributed by atoms with Crippen LogP contribution in [0.2, 0.25) is 0 Å². The van der Waals surface area contributed by atoms with Gasteiger partial charge in [-0.3, -0.25) is 4.79 Å². The fraction of sp³-hybridized carbons (Fsp3) is 0.556. The van der Waals surface area contributed by atoms with Gasteiger partial charge in [0.2, 0.25) is 0 Å². The van der Waals surface area contributed by atoms with Crippen molar-refractivity contribution in [1.82, 2.24) is 9.97 Å². The van der Waals surface area contributed by atoms with E-state index >= 15 is 0 Å². The first-order valence-corrected chi connectivity index (χ1v) is 5.30. The average molecular weight is 293 g/mol. The van der Waals surface area contributed by atoms with Gasteiger partial charge in [-0.05, 0) is 12.0 Å². The summed E-state index contributed by atoms with van der Waals surface area (Å²) in [6, 6.07) is 0. The van der Waals surface area contributed by atoms with Crippen molar-refractivity contribution in [2.45, 2.75) is 24.8 Å². The Labute approximate surface area is 109 Å². The van der Waals surface area contributed by atoms with Crippen LogP contribution in [0.25, 0.3) is 10.4 Å². The Hall–Kier alpha value is -2.10. The number of aromatic amines is 1. The number of halogens is 3. The van der Waals surface area contributed by atoms with Crippen LogP contribution >= 0.6 is 0 Å². The van der Waals surface area contributed by atoms with E-state index in [9.17, 15) is 28.2 Å². The van der Waals surface area contributed by atoms with Crippen LogP contribution in [-0.4, -0.2) is 32.8 Å². The Morgan fingerprint density at radius 1 is 1.50 bits per heavy atom. The number of hydrogen-bond donors (Lipinski definition) is 3. The lowest BCUT2D eigenvalue weighted by atomic mass is 10.0. The molecule has 0 saturated heterocycles. The van der Waals surface area contributed by atoms with Crippen LogP contribution in [-0.2, 0) is 6.18 Å². The summed E-state index contributed by atoms with van der Waals surface area (Å²) in [6.45, 7) is -0.242. The predicted molar refractivity (Wildman–Crippen MR) is 59.5 cm³/mol. The largest absolute Gasteiger partial charge is 0.433 e. The molecule has 0 aliphatic rings. The van der Waals surface area contributed by atoms with Crippen molar-refractivity contribution in [2.24, 2.45) is 5.11 Å². The molecule has 2 atom stereocenters. The second-order valence-electron chi connectivity index (χ2n) is 3.75. The van der Waals surface area contributed by atoms with Gasteiger partial charge in [-0.1, -0.05) is 5.11 Å². The van der Waals surface area contributed by atoms with Crippen molar-refractivity contribution in [3.05, 3.63) is 38.4 Å². The van der Waals surface area contributed by atoms with Gasteiger partial charge >= 0.3 is 6.18 Å². The molecule has 1 aromatic rings. The number of alkyl halides is 3. The van der Waals surface area contributed by atoms with Crippen LogP contribution in [0.5, 0.6) is 0 Å². The summed E-state index contributed by atoms with van der Waals surface area (Å²) in [5.74, 6) is 0. The van der Waals surface area contributed by atoms with Crippen molar-refractivity contribution in [1.29, 1.82) is 0 Å². The van der Waals surface area contributed by atoms with E-state index in [0.717, 1.165) is 0 Å². The van der Waals surface area contributed by atoms with Crippen molar-refractivity contribution in [3.63, 3.8) is 0 Å². The molecule has 1 rings (SSSR count). The van der Waals surface area contributed by atoms with Gasteiger partial charge in [0.1, 0.15) is 6.10 Å². The van der Waals surface area contributed by atoms with Gasteiger partial charge in [-0.2, -0.15) is 13.2 Å². The SMILES string of the molecule is [N-]=[N+]=NCCC(O)C(O)c1c(C(F)(F)F)nc[nH]c1=O. The molecule has 0 fully saturated rings. The van der Waals surface area contributed by atoms with Gasteiger partial charge in [-0.15, -0.1) is 0 Å². The first kappa shape index (κ1) is 16.0. The Morgan fingerprint density at radius 3 is 2.70 bits per heavy atom. The molecule has 2 unspecified atom stereocenters. The molecule has 0 aliphatic heterocycles. The quantitative estimate of drug-likeness (QED) is 0.422. The third kappa shape index (κ3) is 3.70. The van der Waals surface area contributed by atoms with Crippen LogP contribution in [0, 0.1) is 0 Å². The highest BCUT2D eigenvalue weighted by Gasteiger charge is 2.39. The number of nitrogens with one attached hydrogen (secondary N) is 1. The lowest BCUT2D eigenvalue weighted by Crippen LogP contribution is -2.30. The van der Waals surface area contributed by atoms with Crippen molar-refractivity contribution >= 4 is 0 Å². The van der Waals surface area contributed by atoms with E-state index in [2.05, 4.69) is 15.0 Å². The zero-order valence-electron chi connectivity index (χ0n) is 9.87. The summed E-state index contributed by atoms with van der Waals surface area (Å²) in [5.41, 5.74) is 4.18. The van der Waals surface area contributed by atoms with Crippen LogP contribution in [0.15, 0.2) is 16.2 Å². The summed E-state index contributed by atoms with van der Waals surface area (Å²) in [5, 5.41) is 22.3. The van der Waals surface area contributed by atoms with E-state index in [-0.39, 0.29) is 13.0 Å². The summed E-state index contributed by atoms with van der Waals surface area (Å²) in [4.78, 5) is 18.7. The molecule has 0 amide bonds. The highest BCUT2D eigenvalue weighted by molar-refractivity contribution is 5.22. The molecule has 0 spiro atoms. The van der Waals surface area contributed by atoms with E-state index in [4.69, 9.17) is 5.53 Å². The number of rotatable bonds is 5. The Bertz CT molecular complexity index is 567. The van der Waals surface area contributed by atoms with E-state index in [1.54, 1.807) is 0 Å². The zero-order chi connectivity index (χ0) is 15.3. The highest BCUT2D eigenvalue weighted by Crippen LogP contribution is 2.32. The third-order valence-corrected chi connectivity index (χ3v) is 2.41. The van der Waals surface area contributed by atoms with E-state index < -0.39 is 35.2 Å². The lowest BCUT2D eigenvalue weighted by Gasteiger charge is -2.19. The first-order chi connectivity index (χ1) is 9.29. The normalized spacial score (nSPS) is 14.4. The third-order valence-electron chi connectivity index (χ3n) is 2.41. The number of azide groups is 1. The maximum Gasteiger partial charge on any atom is 0.433 e. The molecular weight excluding hydrogens is 283 g/mol. The Balaban J connectivity index is 3.12.